The minimum absolute atomic E-state index is 0.0440. The predicted molar refractivity (Wildman–Crippen MR) is 219 cm³/mol. The van der Waals surface area contributed by atoms with Crippen LogP contribution in [0.3, 0.4) is 0 Å². The van der Waals surface area contributed by atoms with Crippen molar-refractivity contribution in [3.05, 3.63) is 124 Å². The van der Waals surface area contributed by atoms with E-state index in [1.165, 1.54) is 46.3 Å². The van der Waals surface area contributed by atoms with Gasteiger partial charge in [-0.2, -0.15) is 0 Å². The number of benzene rings is 4. The number of nitrogens with one attached hydrogen (secondary N) is 1. The lowest BCUT2D eigenvalue weighted by Crippen LogP contribution is -2.52. The van der Waals surface area contributed by atoms with Gasteiger partial charge in [-0.25, -0.2) is 0 Å². The third-order valence-electron chi connectivity index (χ3n) is 14.4. The van der Waals surface area contributed by atoms with Crippen LogP contribution in [0, 0.1) is 5.92 Å². The number of carbonyl (C=O) groups excluding carboxylic acids is 3. The Morgan fingerprint density at radius 3 is 2.35 bits per heavy atom. The second-order valence-corrected chi connectivity index (χ2v) is 17.5. The topological polar surface area (TPSA) is 102 Å². The van der Waals surface area contributed by atoms with Gasteiger partial charge in [0.2, 0.25) is 11.8 Å². The fraction of sp³-hybridized carbons (Fsp3) is 0.438. The molecule has 0 aromatic heterocycles. The zero-order chi connectivity index (χ0) is 38.7. The number of anilines is 1. The molecule has 3 fully saturated rings. The van der Waals surface area contributed by atoms with Crippen LogP contribution < -0.4 is 15.0 Å². The van der Waals surface area contributed by atoms with Gasteiger partial charge >= 0.3 is 0 Å². The van der Waals surface area contributed by atoms with Crippen molar-refractivity contribution >= 4 is 23.4 Å². The highest BCUT2D eigenvalue weighted by atomic mass is 16.5. The van der Waals surface area contributed by atoms with Crippen LogP contribution in [0.1, 0.15) is 107 Å². The lowest BCUT2D eigenvalue weighted by atomic mass is 9.68. The fourth-order valence-electron chi connectivity index (χ4n) is 11.3. The van der Waals surface area contributed by atoms with Crippen LogP contribution in [0.4, 0.5) is 5.69 Å². The smallest absolute Gasteiger partial charge is 0.255 e. The van der Waals surface area contributed by atoms with Gasteiger partial charge < -0.3 is 24.5 Å². The van der Waals surface area contributed by atoms with E-state index in [1.54, 1.807) is 4.90 Å². The van der Waals surface area contributed by atoms with Crippen LogP contribution in [0.2, 0.25) is 0 Å². The van der Waals surface area contributed by atoms with Gasteiger partial charge in [0.05, 0.1) is 13.2 Å². The first-order valence-electron chi connectivity index (χ1n) is 21.2. The minimum atomic E-state index is -0.623. The van der Waals surface area contributed by atoms with E-state index in [0.29, 0.717) is 42.7 Å². The van der Waals surface area contributed by atoms with Gasteiger partial charge in [-0.3, -0.25) is 19.7 Å². The number of rotatable bonds is 6. The van der Waals surface area contributed by atoms with Gasteiger partial charge in [-0.15, -0.1) is 0 Å². The Balaban J connectivity index is 0.763. The van der Waals surface area contributed by atoms with Crippen LogP contribution in [0.5, 0.6) is 11.5 Å². The molecule has 0 radical (unpaired) electrons. The zero-order valence-corrected chi connectivity index (χ0v) is 32.6. The molecule has 0 saturated carbocycles. The zero-order valence-electron chi connectivity index (χ0n) is 32.6. The van der Waals surface area contributed by atoms with E-state index in [9.17, 15) is 19.5 Å². The van der Waals surface area contributed by atoms with E-state index in [1.807, 2.05) is 18.2 Å². The second-order valence-electron chi connectivity index (χ2n) is 17.5. The summed E-state index contributed by atoms with van der Waals surface area (Å²) >= 11 is 0. The number of aryl methyl sites for hydroxylation is 1. The molecule has 0 bridgehead atoms. The largest absolute Gasteiger partial charge is 0.508 e. The van der Waals surface area contributed by atoms with Crippen molar-refractivity contribution in [3.63, 3.8) is 0 Å². The minimum Gasteiger partial charge on any atom is -0.508 e. The normalized spacial score (nSPS) is 24.8. The highest BCUT2D eigenvalue weighted by Crippen LogP contribution is 2.50. The first-order chi connectivity index (χ1) is 27.8. The van der Waals surface area contributed by atoms with E-state index in [0.717, 1.165) is 76.1 Å². The standard InChI is InChI=1S/C48H52N4O5/c53-36-11-13-38-34(28-36)8-12-37(32-4-2-1-3-5-32)44(38)33-6-9-35(10-7-33)51-23-18-31(19-24-51)29-50-25-20-48(21-26-50)22-27-57-45-40-30-52(42-16-17-43(54)49-46(42)55)47(56)39(40)14-15-41(45)48/h1-7,9-11,13-15,28,31,37,42,44,53H,8,12,16-27,29-30H2,(H,49,54,55)/t37-,42?,44+/m1/s1. The van der Waals surface area contributed by atoms with E-state index in [4.69, 9.17) is 4.74 Å². The summed E-state index contributed by atoms with van der Waals surface area (Å²) in [4.78, 5) is 44.8. The second kappa shape index (κ2) is 14.7. The summed E-state index contributed by atoms with van der Waals surface area (Å²) in [6, 6.07) is 29.7. The first kappa shape index (κ1) is 36.2. The average Bonchev–Trinajstić information content (AvgIpc) is 3.58. The maximum absolute atomic E-state index is 13.5. The number of ether oxygens (including phenoxy) is 1. The molecule has 4 aromatic rings. The number of fused-ring (bicyclic) bond motifs is 5. The SMILES string of the molecule is O=C1CCC(N2Cc3c(ccc4c3OCCC43CCN(CC4CCN(c5ccc([C@@H]6c7ccc(O)cc7CC[C@@H]6c6ccccc6)cc5)CC4)CC3)C2=O)C(=O)N1. The third-order valence-corrected chi connectivity index (χ3v) is 14.4. The number of phenols is 1. The maximum Gasteiger partial charge on any atom is 0.255 e. The molecule has 5 aliphatic heterocycles. The molecule has 10 rings (SSSR count). The van der Waals surface area contributed by atoms with E-state index < -0.39 is 6.04 Å². The highest BCUT2D eigenvalue weighted by molar-refractivity contribution is 6.05. The van der Waals surface area contributed by atoms with Crippen LogP contribution in [-0.4, -0.2) is 78.0 Å². The third kappa shape index (κ3) is 6.58. The van der Waals surface area contributed by atoms with E-state index in [2.05, 4.69) is 81.8 Å². The summed E-state index contributed by atoms with van der Waals surface area (Å²) in [5, 5.41) is 12.7. The quantitative estimate of drug-likeness (QED) is 0.203. The van der Waals surface area contributed by atoms with Crippen molar-refractivity contribution in [1.29, 1.82) is 0 Å². The van der Waals surface area contributed by atoms with Crippen molar-refractivity contribution < 1.29 is 24.2 Å². The summed E-state index contributed by atoms with van der Waals surface area (Å²) < 4.78 is 6.33. The molecule has 3 amide bonds. The number of nitrogens with zero attached hydrogens (tertiary/aromatic N) is 3. The number of hydrogen-bond donors (Lipinski definition) is 2. The van der Waals surface area contributed by atoms with Crippen molar-refractivity contribution in [2.75, 3.05) is 44.2 Å². The Hall–Kier alpha value is -5.15. The summed E-state index contributed by atoms with van der Waals surface area (Å²) in [6.07, 6.45) is 8.19. The Morgan fingerprint density at radius 2 is 1.58 bits per heavy atom. The Bertz CT molecular complexity index is 2190. The molecule has 3 atom stereocenters. The van der Waals surface area contributed by atoms with Crippen molar-refractivity contribution in [1.82, 2.24) is 15.1 Å². The van der Waals surface area contributed by atoms with Crippen LogP contribution in [0.15, 0.2) is 84.9 Å². The molecule has 4 aromatic carbocycles. The molecular formula is C48H52N4O5. The lowest BCUT2D eigenvalue weighted by molar-refractivity contribution is -0.136. The molecule has 5 heterocycles. The fourth-order valence-corrected chi connectivity index (χ4v) is 11.3. The predicted octanol–water partition coefficient (Wildman–Crippen LogP) is 7.05. The Kier molecular flexibility index (Phi) is 9.31. The van der Waals surface area contributed by atoms with Crippen molar-refractivity contribution in [2.45, 2.75) is 87.6 Å². The molecule has 2 N–H and O–H groups in total. The molecule has 1 unspecified atom stereocenters. The molecule has 294 valence electrons. The Labute approximate surface area is 335 Å². The Morgan fingerprint density at radius 1 is 0.789 bits per heavy atom. The van der Waals surface area contributed by atoms with Crippen LogP contribution in [-0.2, 0) is 28.0 Å². The number of phenolic OH excluding ortho intramolecular Hbond substituents is 1. The van der Waals surface area contributed by atoms with Gasteiger partial charge in [0, 0.05) is 59.8 Å². The van der Waals surface area contributed by atoms with Gasteiger partial charge in [0.15, 0.2) is 0 Å². The van der Waals surface area contributed by atoms with Gasteiger partial charge in [0.1, 0.15) is 17.5 Å². The average molecular weight is 765 g/mol. The summed E-state index contributed by atoms with van der Waals surface area (Å²) in [5.41, 5.74) is 9.44. The van der Waals surface area contributed by atoms with Gasteiger partial charge in [0.25, 0.3) is 5.91 Å². The molecule has 9 heteroatoms. The lowest BCUT2D eigenvalue weighted by Gasteiger charge is -2.46. The van der Waals surface area contributed by atoms with E-state index in [-0.39, 0.29) is 35.5 Å². The number of hydrogen-bond acceptors (Lipinski definition) is 7. The van der Waals surface area contributed by atoms with Crippen LogP contribution >= 0.6 is 0 Å². The number of amides is 3. The molecule has 1 aliphatic carbocycles. The van der Waals surface area contributed by atoms with Gasteiger partial charge in [-0.1, -0.05) is 54.6 Å². The first-order valence-corrected chi connectivity index (χ1v) is 21.2. The highest BCUT2D eigenvalue weighted by Gasteiger charge is 2.46. The summed E-state index contributed by atoms with van der Waals surface area (Å²) in [7, 11) is 0. The van der Waals surface area contributed by atoms with Gasteiger partial charge in [-0.05, 0) is 129 Å². The van der Waals surface area contributed by atoms with Crippen molar-refractivity contribution in [3.8, 4) is 11.5 Å². The number of aromatic hydroxyl groups is 1. The van der Waals surface area contributed by atoms with E-state index >= 15 is 0 Å². The summed E-state index contributed by atoms with van der Waals surface area (Å²) in [5.74, 6) is 1.76. The molecule has 1 spiro atoms. The van der Waals surface area contributed by atoms with Crippen molar-refractivity contribution in [2.24, 2.45) is 5.92 Å². The number of likely N-dealkylation sites (tertiary alicyclic amines) is 1. The molecule has 57 heavy (non-hydrogen) atoms. The number of piperidine rings is 3. The number of carbonyl (C=O) groups is 3. The molecular weight excluding hydrogens is 713 g/mol. The molecule has 6 aliphatic rings. The molecule has 9 nitrogen and oxygen atoms in total. The number of imide groups is 1. The monoisotopic (exact) mass is 764 g/mol. The molecule has 3 saturated heterocycles. The maximum atomic E-state index is 13.5. The van der Waals surface area contributed by atoms with Crippen LogP contribution in [0.25, 0.3) is 0 Å². The summed E-state index contributed by atoms with van der Waals surface area (Å²) in [6.45, 7) is 6.41.